The van der Waals surface area contributed by atoms with Gasteiger partial charge >= 0.3 is 0 Å². The van der Waals surface area contributed by atoms with Crippen molar-refractivity contribution >= 4 is 33.0 Å². The highest BCUT2D eigenvalue weighted by Gasteiger charge is 2.10. The van der Waals surface area contributed by atoms with Crippen LogP contribution in [0.5, 0.6) is 0 Å². The zero-order chi connectivity index (χ0) is 9.83. The molecule has 2 bridgehead atoms. The van der Waals surface area contributed by atoms with Gasteiger partial charge in [-0.15, -0.1) is 0 Å². The van der Waals surface area contributed by atoms with Gasteiger partial charge < -0.3 is 4.42 Å². The van der Waals surface area contributed by atoms with Gasteiger partial charge in [0.25, 0.3) is 0 Å². The van der Waals surface area contributed by atoms with E-state index < -0.39 is 0 Å². The van der Waals surface area contributed by atoms with Gasteiger partial charge in [0.15, 0.2) is 5.58 Å². The third-order valence-corrected chi connectivity index (χ3v) is 2.83. The molecule has 0 aliphatic heterocycles. The van der Waals surface area contributed by atoms with Crippen molar-refractivity contribution in [3.05, 3.63) is 42.5 Å². The fraction of sp³-hybridized carbons (Fsp3) is 0. The molecule has 0 saturated heterocycles. The largest absolute Gasteiger partial charge is 0.454 e. The number of rotatable bonds is 0. The molecule has 2 nitrogen and oxygen atoms in total. The maximum Gasteiger partial charge on any atom is 0.153 e. The van der Waals surface area contributed by atoms with Crippen molar-refractivity contribution in [1.82, 2.24) is 4.98 Å². The Kier molecular flexibility index (Phi) is 1.10. The summed E-state index contributed by atoms with van der Waals surface area (Å²) in [7, 11) is 0. The van der Waals surface area contributed by atoms with Crippen LogP contribution in [0, 0.1) is 0 Å². The van der Waals surface area contributed by atoms with Gasteiger partial charge in [0.1, 0.15) is 11.1 Å². The van der Waals surface area contributed by atoms with Crippen LogP contribution in [0.3, 0.4) is 0 Å². The van der Waals surface area contributed by atoms with Crippen molar-refractivity contribution < 1.29 is 4.42 Å². The highest BCUT2D eigenvalue weighted by molar-refractivity contribution is 6.08. The van der Waals surface area contributed by atoms with E-state index in [-0.39, 0.29) is 0 Å². The average Bonchev–Trinajstić information content (AvgIpc) is 2.87. The molecule has 3 heterocycles. The van der Waals surface area contributed by atoms with E-state index in [9.17, 15) is 0 Å². The number of benzene rings is 2. The van der Waals surface area contributed by atoms with Gasteiger partial charge in [0.2, 0.25) is 0 Å². The fourth-order valence-electron chi connectivity index (χ4n) is 2.10. The Labute approximate surface area is 85.5 Å². The molecule has 0 amide bonds. The van der Waals surface area contributed by atoms with Crippen LogP contribution in [0.2, 0.25) is 0 Å². The van der Waals surface area contributed by atoms with Crippen LogP contribution < -0.4 is 0 Å². The summed E-state index contributed by atoms with van der Waals surface area (Å²) in [4.78, 5) is 4.60. The maximum absolute atomic E-state index is 5.57. The van der Waals surface area contributed by atoms with Crippen molar-refractivity contribution in [2.45, 2.75) is 0 Å². The second-order valence-corrected chi connectivity index (χ2v) is 3.74. The Morgan fingerprint density at radius 3 is 2.80 bits per heavy atom. The van der Waals surface area contributed by atoms with E-state index in [1.54, 1.807) is 0 Å². The van der Waals surface area contributed by atoms with E-state index in [2.05, 4.69) is 17.1 Å². The summed E-state index contributed by atoms with van der Waals surface area (Å²) in [6, 6.07) is 14.2. The predicted molar refractivity (Wildman–Crippen MR) is 60.2 cm³/mol. The first kappa shape index (κ1) is 7.23. The van der Waals surface area contributed by atoms with Gasteiger partial charge in [-0.25, -0.2) is 4.98 Å². The number of para-hydroxylation sites is 1. The van der Waals surface area contributed by atoms with E-state index in [0.717, 1.165) is 33.0 Å². The molecule has 0 saturated carbocycles. The Balaban J connectivity index is 2.35. The molecule has 0 fully saturated rings. The predicted octanol–water partition coefficient (Wildman–Crippen LogP) is 3.57. The number of hydrogen-bond acceptors (Lipinski definition) is 2. The van der Waals surface area contributed by atoms with E-state index in [1.807, 2.05) is 30.3 Å². The number of hydrogen-bond donors (Lipinski definition) is 0. The molecule has 0 radical (unpaired) electrons. The molecule has 0 aliphatic carbocycles. The minimum absolute atomic E-state index is 0.880. The van der Waals surface area contributed by atoms with Gasteiger partial charge in [-0.3, -0.25) is 0 Å². The summed E-state index contributed by atoms with van der Waals surface area (Å²) in [5.41, 5.74) is 3.81. The number of pyridine rings is 1. The van der Waals surface area contributed by atoms with E-state index in [4.69, 9.17) is 4.42 Å². The molecule has 0 unspecified atom stereocenters. The Morgan fingerprint density at radius 1 is 0.933 bits per heavy atom. The van der Waals surface area contributed by atoms with E-state index >= 15 is 0 Å². The lowest BCUT2D eigenvalue weighted by Gasteiger charge is -1.97. The highest BCUT2D eigenvalue weighted by atomic mass is 16.3. The molecular formula is C13H7NO. The molecule has 70 valence electrons. The van der Waals surface area contributed by atoms with Crippen LogP contribution >= 0.6 is 0 Å². The second-order valence-electron chi connectivity index (χ2n) is 3.74. The van der Waals surface area contributed by atoms with Crippen molar-refractivity contribution in [3.8, 4) is 0 Å². The minimum atomic E-state index is 0.880. The molecule has 2 heteroatoms. The van der Waals surface area contributed by atoms with Crippen molar-refractivity contribution in [2.75, 3.05) is 0 Å². The third-order valence-electron chi connectivity index (χ3n) is 2.83. The fourth-order valence-corrected chi connectivity index (χ4v) is 2.10. The van der Waals surface area contributed by atoms with Crippen LogP contribution in [0.4, 0.5) is 0 Å². The van der Waals surface area contributed by atoms with Crippen LogP contribution in [-0.4, -0.2) is 4.98 Å². The summed E-state index contributed by atoms with van der Waals surface area (Å²) < 4.78 is 5.57. The summed E-state index contributed by atoms with van der Waals surface area (Å²) in [5.74, 6) is 0. The Hall–Kier alpha value is -2.09. The number of furan rings is 2. The Morgan fingerprint density at radius 2 is 1.80 bits per heavy atom. The minimum Gasteiger partial charge on any atom is -0.454 e. The first-order valence-electron chi connectivity index (χ1n) is 4.92. The molecule has 15 heavy (non-hydrogen) atoms. The smallest absolute Gasteiger partial charge is 0.153 e. The van der Waals surface area contributed by atoms with Gasteiger partial charge in [0.05, 0.1) is 5.52 Å². The van der Waals surface area contributed by atoms with Crippen molar-refractivity contribution in [1.29, 1.82) is 0 Å². The van der Waals surface area contributed by atoms with E-state index in [0.29, 0.717) is 0 Å². The summed E-state index contributed by atoms with van der Waals surface area (Å²) in [6.45, 7) is 0. The SMILES string of the molecule is c1ccc2nc3c4ccc(o4)c3cc2c1. The quantitative estimate of drug-likeness (QED) is 0.399. The molecular weight excluding hydrogens is 186 g/mol. The van der Waals surface area contributed by atoms with Crippen LogP contribution in [0.25, 0.3) is 33.0 Å². The molecule has 0 N–H and O–H groups in total. The molecule has 0 atom stereocenters. The summed E-state index contributed by atoms with van der Waals surface area (Å²) in [5, 5.41) is 2.28. The number of fused-ring (bicyclic) bond motifs is 6. The van der Waals surface area contributed by atoms with Gasteiger partial charge in [-0.1, -0.05) is 18.2 Å². The maximum atomic E-state index is 5.57. The third kappa shape index (κ3) is 0.814. The molecule has 0 aliphatic rings. The summed E-state index contributed by atoms with van der Waals surface area (Å²) >= 11 is 0. The van der Waals surface area contributed by atoms with Crippen LogP contribution in [-0.2, 0) is 0 Å². The first-order valence-corrected chi connectivity index (χ1v) is 4.92. The zero-order valence-corrected chi connectivity index (χ0v) is 7.90. The molecule has 3 aromatic heterocycles. The van der Waals surface area contributed by atoms with Crippen molar-refractivity contribution in [2.24, 2.45) is 0 Å². The molecule has 4 rings (SSSR count). The lowest BCUT2D eigenvalue weighted by atomic mass is 10.1. The second kappa shape index (κ2) is 2.28. The molecule has 1 aromatic carbocycles. The molecule has 0 spiro atoms. The Bertz CT molecular complexity index is 706. The van der Waals surface area contributed by atoms with E-state index in [1.165, 1.54) is 0 Å². The van der Waals surface area contributed by atoms with Crippen LogP contribution in [0.1, 0.15) is 0 Å². The number of aromatic nitrogens is 1. The lowest BCUT2D eigenvalue weighted by molar-refractivity contribution is 0.678. The lowest BCUT2D eigenvalue weighted by Crippen LogP contribution is -1.79. The standard InChI is InChI=1S/C13H7NO/c1-2-4-10-8(3-1)7-9-11-5-6-12(15-11)13(9)14-10/h1-7H. The normalized spacial score (nSPS) is 12.0. The van der Waals surface area contributed by atoms with Gasteiger partial charge in [-0.05, 0) is 24.3 Å². The highest BCUT2D eigenvalue weighted by Crippen LogP contribution is 2.31. The van der Waals surface area contributed by atoms with Crippen molar-refractivity contribution in [3.63, 3.8) is 0 Å². The number of nitrogens with zero attached hydrogens (tertiary/aromatic N) is 1. The van der Waals surface area contributed by atoms with Gasteiger partial charge in [-0.2, -0.15) is 0 Å². The van der Waals surface area contributed by atoms with Crippen LogP contribution in [0.15, 0.2) is 46.9 Å². The zero-order valence-electron chi connectivity index (χ0n) is 7.90. The monoisotopic (exact) mass is 193 g/mol. The summed E-state index contributed by atoms with van der Waals surface area (Å²) in [6.07, 6.45) is 0. The average molecular weight is 193 g/mol. The molecule has 4 aromatic rings. The van der Waals surface area contributed by atoms with Gasteiger partial charge in [0, 0.05) is 10.8 Å². The first-order chi connectivity index (χ1) is 7.42. The topological polar surface area (TPSA) is 26.0 Å².